The van der Waals surface area contributed by atoms with Gasteiger partial charge in [-0.3, -0.25) is 10.2 Å². The monoisotopic (exact) mass is 559 g/mol. The summed E-state index contributed by atoms with van der Waals surface area (Å²) in [4.78, 5) is 17.8. The molecule has 1 heterocycles. The lowest BCUT2D eigenvalue weighted by molar-refractivity contribution is 0.0701. The maximum Gasteiger partial charge on any atom is 0.253 e. The third kappa shape index (κ3) is 6.06. The summed E-state index contributed by atoms with van der Waals surface area (Å²) in [5.41, 5.74) is 7.57. The molecule has 0 aromatic heterocycles. The van der Waals surface area contributed by atoms with Crippen LogP contribution in [0.15, 0.2) is 109 Å². The number of carbonyl (C=O) groups excluding carboxylic acids is 1. The van der Waals surface area contributed by atoms with Crippen LogP contribution in [0.2, 0.25) is 0 Å². The molecule has 0 saturated carbocycles. The molecule has 0 radical (unpaired) electrons. The van der Waals surface area contributed by atoms with Crippen LogP contribution < -0.4 is 4.90 Å². The van der Waals surface area contributed by atoms with E-state index in [9.17, 15) is 9.18 Å². The zero-order valence-electron chi connectivity index (χ0n) is 24.6. The Bertz CT molecular complexity index is 1600. The fourth-order valence-electron chi connectivity index (χ4n) is 6.00. The molecule has 1 N–H and O–H groups in total. The number of amides is 1. The van der Waals surface area contributed by atoms with Crippen molar-refractivity contribution in [2.24, 2.45) is 5.92 Å². The predicted molar refractivity (Wildman–Crippen MR) is 170 cm³/mol. The number of carbonyl (C=O) groups is 1. The minimum Gasteiger partial charge on any atom is -0.339 e. The number of benzene rings is 4. The topological polar surface area (TPSA) is 47.4 Å². The van der Waals surface area contributed by atoms with E-state index in [2.05, 4.69) is 73.9 Å². The molecule has 0 bridgehead atoms. The SMILES string of the molecule is C=C(C1CCN(C(=O)c2ccc(C(=N)c3cccc(F)c3)c(C)c2)CC1)N(c1ccccc1C)C(C)c1ccccc1. The Kier molecular flexibility index (Phi) is 8.67. The summed E-state index contributed by atoms with van der Waals surface area (Å²) in [6, 6.07) is 30.6. The van der Waals surface area contributed by atoms with E-state index in [0.717, 1.165) is 29.8 Å². The van der Waals surface area contributed by atoms with Crippen molar-refractivity contribution in [2.45, 2.75) is 39.7 Å². The second kappa shape index (κ2) is 12.6. The fourth-order valence-corrected chi connectivity index (χ4v) is 6.00. The number of aryl methyl sites for hydroxylation is 2. The van der Waals surface area contributed by atoms with Gasteiger partial charge < -0.3 is 9.80 Å². The van der Waals surface area contributed by atoms with Crippen LogP contribution in [-0.2, 0) is 0 Å². The minimum absolute atomic E-state index is 0.000544. The van der Waals surface area contributed by atoms with Gasteiger partial charge in [0.25, 0.3) is 5.91 Å². The summed E-state index contributed by atoms with van der Waals surface area (Å²) in [6.45, 7) is 12.2. The van der Waals surface area contributed by atoms with Crippen LogP contribution in [0.3, 0.4) is 0 Å². The first-order chi connectivity index (χ1) is 20.2. The zero-order chi connectivity index (χ0) is 29.8. The van der Waals surface area contributed by atoms with Crippen molar-refractivity contribution in [3.8, 4) is 0 Å². The Morgan fingerprint density at radius 2 is 1.57 bits per heavy atom. The van der Waals surface area contributed by atoms with E-state index in [1.165, 1.54) is 23.3 Å². The van der Waals surface area contributed by atoms with Gasteiger partial charge in [-0.1, -0.05) is 73.3 Å². The normalized spacial score (nSPS) is 14.3. The van der Waals surface area contributed by atoms with Gasteiger partial charge >= 0.3 is 0 Å². The van der Waals surface area contributed by atoms with Gasteiger partial charge in [-0.25, -0.2) is 4.39 Å². The summed E-state index contributed by atoms with van der Waals surface area (Å²) < 4.78 is 13.7. The van der Waals surface area contributed by atoms with Gasteiger partial charge in [-0.2, -0.15) is 0 Å². The van der Waals surface area contributed by atoms with Crippen LogP contribution >= 0.6 is 0 Å². The first-order valence-electron chi connectivity index (χ1n) is 14.6. The third-order valence-corrected chi connectivity index (χ3v) is 8.46. The van der Waals surface area contributed by atoms with E-state index >= 15 is 0 Å². The van der Waals surface area contributed by atoms with E-state index in [1.54, 1.807) is 24.3 Å². The van der Waals surface area contributed by atoms with Crippen molar-refractivity contribution in [1.82, 2.24) is 4.90 Å². The minimum atomic E-state index is -0.371. The Morgan fingerprint density at radius 1 is 0.881 bits per heavy atom. The largest absolute Gasteiger partial charge is 0.339 e. The molecular weight excluding hydrogens is 521 g/mol. The van der Waals surface area contributed by atoms with Gasteiger partial charge in [0.2, 0.25) is 0 Å². The number of nitrogens with zero attached hydrogens (tertiary/aromatic N) is 2. The fraction of sp³-hybridized carbons (Fsp3) is 0.243. The number of nitrogens with one attached hydrogen (secondary N) is 1. The van der Waals surface area contributed by atoms with Crippen LogP contribution in [0.1, 0.15) is 64.0 Å². The number of hydrogen-bond acceptors (Lipinski definition) is 3. The van der Waals surface area contributed by atoms with Crippen LogP contribution in [0.25, 0.3) is 0 Å². The highest BCUT2D eigenvalue weighted by Gasteiger charge is 2.30. The van der Waals surface area contributed by atoms with E-state index in [0.29, 0.717) is 29.8 Å². The van der Waals surface area contributed by atoms with Crippen molar-refractivity contribution in [3.05, 3.63) is 149 Å². The summed E-state index contributed by atoms with van der Waals surface area (Å²) in [7, 11) is 0. The van der Waals surface area contributed by atoms with Crippen molar-refractivity contribution in [3.63, 3.8) is 0 Å². The number of para-hydroxylation sites is 1. The average molecular weight is 560 g/mol. The summed E-state index contributed by atoms with van der Waals surface area (Å²) in [6.07, 6.45) is 1.69. The molecule has 4 aromatic carbocycles. The first kappa shape index (κ1) is 29.0. The molecular formula is C37H38FN3O. The molecule has 1 atom stereocenters. The van der Waals surface area contributed by atoms with Gasteiger partial charge in [-0.05, 0) is 80.6 Å². The number of allylic oxidation sites excluding steroid dienone is 1. The molecule has 4 nitrogen and oxygen atoms in total. The lowest BCUT2D eigenvalue weighted by atomic mass is 9.90. The highest BCUT2D eigenvalue weighted by atomic mass is 19.1. The number of hydrogen-bond donors (Lipinski definition) is 1. The average Bonchev–Trinajstić information content (AvgIpc) is 3.01. The van der Waals surface area contributed by atoms with Crippen LogP contribution in [0.5, 0.6) is 0 Å². The summed E-state index contributed by atoms with van der Waals surface area (Å²) in [5, 5.41) is 8.56. The molecule has 5 rings (SSSR count). The quantitative estimate of drug-likeness (QED) is 0.220. The molecule has 1 aliphatic heterocycles. The number of piperidine rings is 1. The smallest absolute Gasteiger partial charge is 0.253 e. The number of anilines is 1. The Morgan fingerprint density at radius 3 is 2.24 bits per heavy atom. The molecule has 1 unspecified atom stereocenters. The molecule has 1 saturated heterocycles. The van der Waals surface area contributed by atoms with Gasteiger partial charge in [0, 0.05) is 47.1 Å². The van der Waals surface area contributed by atoms with Crippen LogP contribution in [0.4, 0.5) is 10.1 Å². The highest BCUT2D eigenvalue weighted by Crippen LogP contribution is 2.38. The van der Waals surface area contributed by atoms with E-state index < -0.39 is 0 Å². The molecule has 0 aliphatic carbocycles. The van der Waals surface area contributed by atoms with E-state index in [1.807, 2.05) is 24.0 Å². The molecule has 4 aromatic rings. The lowest BCUT2D eigenvalue weighted by Crippen LogP contribution is -2.41. The van der Waals surface area contributed by atoms with Crippen molar-refractivity contribution in [1.29, 1.82) is 5.41 Å². The Balaban J connectivity index is 1.29. The molecule has 214 valence electrons. The molecule has 5 heteroatoms. The third-order valence-electron chi connectivity index (χ3n) is 8.46. The van der Waals surface area contributed by atoms with E-state index in [4.69, 9.17) is 5.41 Å². The number of rotatable bonds is 8. The van der Waals surface area contributed by atoms with Crippen LogP contribution in [-0.4, -0.2) is 29.6 Å². The van der Waals surface area contributed by atoms with Crippen LogP contribution in [0, 0.1) is 31.0 Å². The summed E-state index contributed by atoms with van der Waals surface area (Å²) in [5.74, 6) is -0.112. The lowest BCUT2D eigenvalue weighted by Gasteiger charge is -2.41. The highest BCUT2D eigenvalue weighted by molar-refractivity contribution is 6.12. The van der Waals surface area contributed by atoms with Gasteiger partial charge in [-0.15, -0.1) is 0 Å². The van der Waals surface area contributed by atoms with Gasteiger partial charge in [0.1, 0.15) is 5.82 Å². The number of halogens is 1. The van der Waals surface area contributed by atoms with E-state index in [-0.39, 0.29) is 29.4 Å². The summed E-state index contributed by atoms with van der Waals surface area (Å²) >= 11 is 0. The molecule has 1 amide bonds. The second-order valence-corrected chi connectivity index (χ2v) is 11.2. The first-order valence-corrected chi connectivity index (χ1v) is 14.6. The van der Waals surface area contributed by atoms with Gasteiger partial charge in [0.05, 0.1) is 11.8 Å². The van der Waals surface area contributed by atoms with Gasteiger partial charge in [0.15, 0.2) is 0 Å². The Hall–Kier alpha value is -4.51. The molecule has 1 fully saturated rings. The van der Waals surface area contributed by atoms with Crippen molar-refractivity contribution >= 4 is 17.3 Å². The second-order valence-electron chi connectivity index (χ2n) is 11.2. The molecule has 1 aliphatic rings. The maximum atomic E-state index is 13.7. The number of likely N-dealkylation sites (tertiary alicyclic amines) is 1. The maximum absolute atomic E-state index is 13.7. The Labute approximate surface area is 248 Å². The molecule has 42 heavy (non-hydrogen) atoms. The van der Waals surface area contributed by atoms with Crippen molar-refractivity contribution < 1.29 is 9.18 Å². The zero-order valence-corrected chi connectivity index (χ0v) is 24.6. The predicted octanol–water partition coefficient (Wildman–Crippen LogP) is 8.49. The molecule has 0 spiro atoms. The van der Waals surface area contributed by atoms with Crippen molar-refractivity contribution in [2.75, 3.05) is 18.0 Å². The standard InChI is InChI=1S/C37H38FN3O/c1-25-11-8-9-16-35(25)41(27(3)29-12-6-5-7-13-29)28(4)30-19-21-40(22-20-30)37(42)32-17-18-34(26(2)23-32)36(39)31-14-10-15-33(38)24-31/h5-18,23-24,27,30,39H,4,19-22H2,1-3H3.